The molecule has 1 N–H and O–H groups in total. The van der Waals surface area contributed by atoms with Crippen molar-refractivity contribution >= 4 is 23.2 Å². The second kappa shape index (κ2) is 4.37. The summed E-state index contributed by atoms with van der Waals surface area (Å²) in [5, 5.41) is 9.48. The van der Waals surface area contributed by atoms with Crippen molar-refractivity contribution in [3.05, 3.63) is 54.7 Å². The van der Waals surface area contributed by atoms with Gasteiger partial charge in [0.1, 0.15) is 0 Å². The number of fused-ring (bicyclic) bond motifs is 1. The molecule has 0 saturated heterocycles. The summed E-state index contributed by atoms with van der Waals surface area (Å²) in [6, 6.07) is 16.6. The van der Waals surface area contributed by atoms with Crippen LogP contribution in [0.3, 0.4) is 0 Å². The molecule has 0 saturated carbocycles. The fraction of sp³-hybridized carbons (Fsp3) is 0. The van der Waals surface area contributed by atoms with Crippen molar-refractivity contribution in [1.82, 2.24) is 10.2 Å². The quantitative estimate of drug-likeness (QED) is 0.679. The number of nitrogens with zero attached hydrogens (tertiary/aromatic N) is 1. The topological polar surface area (TPSA) is 28.7 Å². The fourth-order valence-corrected chi connectivity index (χ4v) is 1.87. The minimum absolute atomic E-state index is 0. The Labute approximate surface area is 99.7 Å². The number of halogens is 1. The molecule has 1 heterocycles. The van der Waals surface area contributed by atoms with E-state index in [0.717, 1.165) is 5.69 Å². The first kappa shape index (κ1) is 10.7. The number of hydrogen-bond donors (Lipinski definition) is 1. The van der Waals surface area contributed by atoms with E-state index in [1.54, 1.807) is 6.20 Å². The third-order valence-corrected chi connectivity index (χ3v) is 2.58. The van der Waals surface area contributed by atoms with Gasteiger partial charge in [0.15, 0.2) is 0 Å². The summed E-state index contributed by atoms with van der Waals surface area (Å²) in [7, 11) is 0. The van der Waals surface area contributed by atoms with E-state index >= 15 is 0 Å². The van der Waals surface area contributed by atoms with E-state index in [2.05, 4.69) is 52.7 Å². The third kappa shape index (κ3) is 1.68. The Morgan fingerprint density at radius 1 is 0.875 bits per heavy atom. The van der Waals surface area contributed by atoms with Gasteiger partial charge in [-0.1, -0.05) is 42.5 Å². The summed E-state index contributed by atoms with van der Waals surface area (Å²) in [6.45, 7) is 0. The Balaban J connectivity index is 0.000000963. The molecular weight excluding hydrogens is 220 g/mol. The van der Waals surface area contributed by atoms with Crippen molar-refractivity contribution in [2.45, 2.75) is 0 Å². The molecule has 0 aliphatic heterocycles. The predicted octanol–water partition coefficient (Wildman–Crippen LogP) is 3.65. The molecule has 80 valence electrons. The van der Waals surface area contributed by atoms with Gasteiger partial charge in [0, 0.05) is 11.8 Å². The Hall–Kier alpha value is -1.80. The molecule has 0 atom stereocenters. The molecule has 0 amide bonds. The van der Waals surface area contributed by atoms with Crippen molar-refractivity contribution in [2.75, 3.05) is 0 Å². The highest BCUT2D eigenvalue weighted by Crippen LogP contribution is 2.26. The first-order valence-corrected chi connectivity index (χ1v) is 4.93. The number of hydrogen-bond acceptors (Lipinski definition) is 1. The average Bonchev–Trinajstić information content (AvgIpc) is 2.82. The molecular formula is C13H11ClN2. The van der Waals surface area contributed by atoms with Crippen LogP contribution in [0, 0.1) is 0 Å². The highest BCUT2D eigenvalue weighted by atomic mass is 35.5. The molecule has 3 heteroatoms. The van der Waals surface area contributed by atoms with Gasteiger partial charge >= 0.3 is 0 Å². The second-order valence-corrected chi connectivity index (χ2v) is 3.50. The van der Waals surface area contributed by atoms with E-state index in [1.807, 2.05) is 6.07 Å². The van der Waals surface area contributed by atoms with E-state index in [0.29, 0.717) is 0 Å². The maximum atomic E-state index is 3.98. The maximum Gasteiger partial charge on any atom is 0.0656 e. The normalized spacial score (nSPS) is 10.0. The minimum Gasteiger partial charge on any atom is -0.278 e. The lowest BCUT2D eigenvalue weighted by Gasteiger charge is -2.03. The SMILES string of the molecule is Cl.c1ccc2c(-c3ccn[nH]3)cccc2c1. The van der Waals surface area contributed by atoms with Crippen molar-refractivity contribution < 1.29 is 0 Å². The Morgan fingerprint density at radius 2 is 1.69 bits per heavy atom. The minimum atomic E-state index is 0. The number of aromatic amines is 1. The van der Waals surface area contributed by atoms with Gasteiger partial charge in [0.2, 0.25) is 0 Å². The summed E-state index contributed by atoms with van der Waals surface area (Å²) in [5.41, 5.74) is 2.26. The Morgan fingerprint density at radius 3 is 2.50 bits per heavy atom. The van der Waals surface area contributed by atoms with Crippen LogP contribution in [0.15, 0.2) is 54.7 Å². The smallest absolute Gasteiger partial charge is 0.0656 e. The summed E-state index contributed by atoms with van der Waals surface area (Å²) >= 11 is 0. The van der Waals surface area contributed by atoms with Gasteiger partial charge in [0.25, 0.3) is 0 Å². The van der Waals surface area contributed by atoms with Crippen LogP contribution in [0.1, 0.15) is 0 Å². The van der Waals surface area contributed by atoms with Gasteiger partial charge in [-0.25, -0.2) is 0 Å². The van der Waals surface area contributed by atoms with Crippen LogP contribution >= 0.6 is 12.4 Å². The highest BCUT2D eigenvalue weighted by Gasteiger charge is 2.02. The van der Waals surface area contributed by atoms with Gasteiger partial charge in [-0.2, -0.15) is 5.10 Å². The molecule has 2 nitrogen and oxygen atoms in total. The molecule has 0 spiro atoms. The van der Waals surface area contributed by atoms with Crippen LogP contribution in [-0.4, -0.2) is 10.2 Å². The number of H-pyrrole nitrogens is 1. The molecule has 0 radical (unpaired) electrons. The van der Waals surface area contributed by atoms with Crippen LogP contribution in [0.25, 0.3) is 22.0 Å². The van der Waals surface area contributed by atoms with Gasteiger partial charge in [-0.3, -0.25) is 5.10 Å². The summed E-state index contributed by atoms with van der Waals surface area (Å²) in [4.78, 5) is 0. The van der Waals surface area contributed by atoms with Crippen LogP contribution in [0.5, 0.6) is 0 Å². The monoisotopic (exact) mass is 230 g/mol. The van der Waals surface area contributed by atoms with Crippen molar-refractivity contribution in [3.63, 3.8) is 0 Å². The highest BCUT2D eigenvalue weighted by molar-refractivity contribution is 5.95. The predicted molar refractivity (Wildman–Crippen MR) is 68.8 cm³/mol. The lowest BCUT2D eigenvalue weighted by atomic mass is 10.0. The lowest BCUT2D eigenvalue weighted by Crippen LogP contribution is -1.80. The molecule has 16 heavy (non-hydrogen) atoms. The molecule has 0 aliphatic carbocycles. The average molecular weight is 231 g/mol. The maximum absolute atomic E-state index is 3.98. The molecule has 0 bridgehead atoms. The zero-order chi connectivity index (χ0) is 10.1. The molecule has 3 rings (SSSR count). The molecule has 3 aromatic rings. The van der Waals surface area contributed by atoms with Crippen molar-refractivity contribution in [2.24, 2.45) is 0 Å². The standard InChI is InChI=1S/C13H10N2.ClH/c1-2-6-11-10(4-1)5-3-7-12(11)13-8-9-14-15-13;/h1-9H,(H,14,15);1H. The van der Waals surface area contributed by atoms with E-state index in [-0.39, 0.29) is 12.4 Å². The Kier molecular flexibility index (Phi) is 2.93. The van der Waals surface area contributed by atoms with Crippen LogP contribution in [0.4, 0.5) is 0 Å². The van der Waals surface area contributed by atoms with Gasteiger partial charge in [-0.15, -0.1) is 12.4 Å². The largest absolute Gasteiger partial charge is 0.278 e. The molecule has 0 unspecified atom stereocenters. The van der Waals surface area contributed by atoms with E-state index in [4.69, 9.17) is 0 Å². The molecule has 0 aliphatic rings. The summed E-state index contributed by atoms with van der Waals surface area (Å²) in [6.07, 6.45) is 1.77. The zero-order valence-corrected chi connectivity index (χ0v) is 9.37. The Bertz CT molecular complexity index is 582. The number of rotatable bonds is 1. The van der Waals surface area contributed by atoms with Gasteiger partial charge in [0.05, 0.1) is 5.69 Å². The van der Waals surface area contributed by atoms with Crippen molar-refractivity contribution in [1.29, 1.82) is 0 Å². The van der Waals surface area contributed by atoms with Gasteiger partial charge in [-0.05, 0) is 16.8 Å². The first-order valence-electron chi connectivity index (χ1n) is 4.93. The van der Waals surface area contributed by atoms with Crippen molar-refractivity contribution in [3.8, 4) is 11.3 Å². The lowest BCUT2D eigenvalue weighted by molar-refractivity contribution is 1.10. The van der Waals surface area contributed by atoms with Crippen LogP contribution in [0.2, 0.25) is 0 Å². The number of nitrogens with one attached hydrogen (secondary N) is 1. The summed E-state index contributed by atoms with van der Waals surface area (Å²) < 4.78 is 0. The molecule has 2 aromatic carbocycles. The second-order valence-electron chi connectivity index (χ2n) is 3.50. The number of aromatic nitrogens is 2. The van der Waals surface area contributed by atoms with Crippen LogP contribution in [-0.2, 0) is 0 Å². The molecule has 1 aromatic heterocycles. The summed E-state index contributed by atoms with van der Waals surface area (Å²) in [5.74, 6) is 0. The van der Waals surface area contributed by atoms with Gasteiger partial charge < -0.3 is 0 Å². The molecule has 0 fully saturated rings. The zero-order valence-electron chi connectivity index (χ0n) is 8.55. The first-order chi connectivity index (χ1) is 7.45. The fourth-order valence-electron chi connectivity index (χ4n) is 1.87. The van der Waals surface area contributed by atoms with E-state index in [1.165, 1.54) is 16.3 Å². The van der Waals surface area contributed by atoms with E-state index in [9.17, 15) is 0 Å². The number of benzene rings is 2. The van der Waals surface area contributed by atoms with E-state index < -0.39 is 0 Å². The third-order valence-electron chi connectivity index (χ3n) is 2.58. The van der Waals surface area contributed by atoms with Crippen LogP contribution < -0.4 is 0 Å².